The van der Waals surface area contributed by atoms with Crippen LogP contribution in [0.1, 0.15) is 22.3 Å². The van der Waals surface area contributed by atoms with Crippen molar-refractivity contribution in [2.45, 2.75) is 5.41 Å². The Morgan fingerprint density at radius 3 is 1.63 bits per heavy atom. The Morgan fingerprint density at radius 1 is 0.412 bits per heavy atom. The molecule has 0 atom stereocenters. The lowest BCUT2D eigenvalue weighted by molar-refractivity contribution is 0.436. The van der Waals surface area contributed by atoms with Crippen LogP contribution in [0.5, 0.6) is 11.5 Å². The molecular weight excluding hydrogens is 627 g/mol. The number of benzene rings is 7. The third-order valence-corrected chi connectivity index (χ3v) is 10.4. The summed E-state index contributed by atoms with van der Waals surface area (Å²) >= 11 is 0. The predicted octanol–water partition coefficient (Wildman–Crippen LogP) is 11.2. The van der Waals surface area contributed by atoms with Crippen LogP contribution in [0.4, 0.5) is 0 Å². The third-order valence-electron chi connectivity index (χ3n) is 10.4. The minimum Gasteiger partial charge on any atom is -0.457 e. The Labute approximate surface area is 293 Å². The second-order valence-electron chi connectivity index (χ2n) is 13.1. The average Bonchev–Trinajstić information content (AvgIpc) is 3.73. The fourth-order valence-corrected chi connectivity index (χ4v) is 8.34. The quantitative estimate of drug-likeness (QED) is 0.190. The van der Waals surface area contributed by atoms with E-state index in [4.69, 9.17) is 24.1 Å². The average molecular weight is 654 g/mol. The molecule has 3 heterocycles. The highest BCUT2D eigenvalue weighted by atomic mass is 16.5. The van der Waals surface area contributed by atoms with Crippen LogP contribution < -0.4 is 4.74 Å². The molecule has 0 amide bonds. The van der Waals surface area contributed by atoms with Gasteiger partial charge in [0, 0.05) is 33.0 Å². The lowest BCUT2D eigenvalue weighted by Gasteiger charge is -2.39. The van der Waals surface area contributed by atoms with E-state index in [9.17, 15) is 0 Å². The number of aromatic nitrogens is 3. The van der Waals surface area contributed by atoms with E-state index in [0.29, 0.717) is 17.5 Å². The van der Waals surface area contributed by atoms with Gasteiger partial charge in [0.25, 0.3) is 0 Å². The molecule has 5 heteroatoms. The minimum atomic E-state index is -0.559. The molecule has 2 aliphatic rings. The molecule has 7 aromatic carbocycles. The van der Waals surface area contributed by atoms with Gasteiger partial charge in [0.05, 0.1) is 11.0 Å². The van der Waals surface area contributed by atoms with Crippen LogP contribution in [0.15, 0.2) is 168 Å². The van der Waals surface area contributed by atoms with Crippen LogP contribution in [0.3, 0.4) is 0 Å². The van der Waals surface area contributed by atoms with Gasteiger partial charge in [-0.2, -0.15) is 0 Å². The van der Waals surface area contributed by atoms with Crippen molar-refractivity contribution in [2.75, 3.05) is 0 Å². The van der Waals surface area contributed by atoms with Gasteiger partial charge in [0.15, 0.2) is 17.5 Å². The number of para-hydroxylation sites is 3. The van der Waals surface area contributed by atoms with E-state index < -0.39 is 5.41 Å². The lowest BCUT2D eigenvalue weighted by atomic mass is 9.66. The first kappa shape index (κ1) is 28.0. The van der Waals surface area contributed by atoms with E-state index in [1.54, 1.807) is 0 Å². The van der Waals surface area contributed by atoms with Crippen molar-refractivity contribution in [3.63, 3.8) is 0 Å². The van der Waals surface area contributed by atoms with Gasteiger partial charge in [-0.3, -0.25) is 0 Å². The number of hydrogen-bond acceptors (Lipinski definition) is 5. The molecule has 0 bridgehead atoms. The highest BCUT2D eigenvalue weighted by Crippen LogP contribution is 2.63. The van der Waals surface area contributed by atoms with Crippen LogP contribution in [0.2, 0.25) is 0 Å². The smallest absolute Gasteiger partial charge is 0.167 e. The highest BCUT2D eigenvalue weighted by Gasteiger charge is 2.51. The summed E-state index contributed by atoms with van der Waals surface area (Å²) in [5.74, 6) is 3.53. The van der Waals surface area contributed by atoms with E-state index in [-0.39, 0.29) is 0 Å². The molecule has 1 aliphatic heterocycles. The van der Waals surface area contributed by atoms with Gasteiger partial charge in [-0.25, -0.2) is 15.0 Å². The Balaban J connectivity index is 1.21. The van der Waals surface area contributed by atoms with Crippen molar-refractivity contribution in [3.8, 4) is 56.8 Å². The second kappa shape index (κ2) is 10.6. The molecule has 238 valence electrons. The molecule has 0 unspecified atom stereocenters. The number of furan rings is 1. The second-order valence-corrected chi connectivity index (χ2v) is 13.1. The molecule has 51 heavy (non-hydrogen) atoms. The molecule has 0 fully saturated rings. The summed E-state index contributed by atoms with van der Waals surface area (Å²) < 4.78 is 13.4. The molecule has 2 aromatic heterocycles. The Hall–Kier alpha value is -6.85. The number of fused-ring (bicyclic) bond motifs is 13. The molecule has 0 N–H and O–H groups in total. The highest BCUT2D eigenvalue weighted by molar-refractivity contribution is 6.17. The summed E-state index contributed by atoms with van der Waals surface area (Å²) in [6, 6.07) is 56.4. The molecule has 1 aliphatic carbocycles. The first-order chi connectivity index (χ1) is 25.3. The fraction of sp³-hybridized carbons (Fsp3) is 0.0217. The maximum Gasteiger partial charge on any atom is 0.167 e. The van der Waals surface area contributed by atoms with Gasteiger partial charge in [0.1, 0.15) is 22.7 Å². The standard InChI is InChI=1S/C46H27N3O2/c1-3-14-28(15-4-1)43-47-44(29-16-5-2-6-17-29)49-45(48-43)32-20-13-19-31-41-39(51-42(31)32)27-26-36-40(41)30-18-7-8-21-33(30)46(36)34-22-9-11-24-37(34)50-38-25-12-10-23-35(38)46/h1-27H. The largest absolute Gasteiger partial charge is 0.457 e. The zero-order valence-electron chi connectivity index (χ0n) is 27.2. The Bertz CT molecular complexity index is 2740. The zero-order chi connectivity index (χ0) is 33.5. The summed E-state index contributed by atoms with van der Waals surface area (Å²) in [4.78, 5) is 15.0. The van der Waals surface area contributed by atoms with Gasteiger partial charge in [0.2, 0.25) is 0 Å². The summed E-state index contributed by atoms with van der Waals surface area (Å²) in [5, 5.41) is 2.10. The van der Waals surface area contributed by atoms with Crippen molar-refractivity contribution in [3.05, 3.63) is 186 Å². The molecular formula is C46H27N3O2. The van der Waals surface area contributed by atoms with Gasteiger partial charge in [-0.05, 0) is 46.5 Å². The normalized spacial score (nSPS) is 13.4. The van der Waals surface area contributed by atoms with Crippen molar-refractivity contribution >= 4 is 21.9 Å². The molecule has 0 radical (unpaired) electrons. The zero-order valence-corrected chi connectivity index (χ0v) is 27.2. The van der Waals surface area contributed by atoms with Crippen molar-refractivity contribution in [1.82, 2.24) is 15.0 Å². The molecule has 9 aromatic rings. The number of ether oxygens (including phenoxy) is 1. The molecule has 1 spiro atoms. The number of hydrogen-bond donors (Lipinski definition) is 0. The van der Waals surface area contributed by atoms with Crippen LogP contribution in [0.25, 0.3) is 67.2 Å². The van der Waals surface area contributed by atoms with Crippen LogP contribution in [-0.2, 0) is 5.41 Å². The van der Waals surface area contributed by atoms with Crippen LogP contribution in [0, 0.1) is 0 Å². The number of nitrogens with zero attached hydrogens (tertiary/aromatic N) is 3. The number of rotatable bonds is 3. The summed E-state index contributed by atoms with van der Waals surface area (Å²) in [5.41, 5.74) is 10.8. The maximum atomic E-state index is 6.86. The lowest BCUT2D eigenvalue weighted by Crippen LogP contribution is -2.32. The van der Waals surface area contributed by atoms with Gasteiger partial charge < -0.3 is 9.15 Å². The molecule has 5 nitrogen and oxygen atoms in total. The monoisotopic (exact) mass is 653 g/mol. The van der Waals surface area contributed by atoms with Gasteiger partial charge in [-0.15, -0.1) is 0 Å². The van der Waals surface area contributed by atoms with E-state index in [1.165, 1.54) is 22.3 Å². The summed E-state index contributed by atoms with van der Waals surface area (Å²) in [7, 11) is 0. The molecule has 0 saturated carbocycles. The summed E-state index contributed by atoms with van der Waals surface area (Å²) in [6.07, 6.45) is 0. The van der Waals surface area contributed by atoms with E-state index in [0.717, 1.165) is 61.3 Å². The van der Waals surface area contributed by atoms with Crippen molar-refractivity contribution < 1.29 is 9.15 Å². The first-order valence-corrected chi connectivity index (χ1v) is 17.1. The van der Waals surface area contributed by atoms with E-state index >= 15 is 0 Å². The van der Waals surface area contributed by atoms with E-state index in [1.807, 2.05) is 78.9 Å². The fourth-order valence-electron chi connectivity index (χ4n) is 8.34. The van der Waals surface area contributed by atoms with Gasteiger partial charge >= 0.3 is 0 Å². The van der Waals surface area contributed by atoms with Crippen molar-refractivity contribution in [1.29, 1.82) is 0 Å². The predicted molar refractivity (Wildman–Crippen MR) is 201 cm³/mol. The first-order valence-electron chi connectivity index (χ1n) is 17.1. The van der Waals surface area contributed by atoms with Crippen LogP contribution in [-0.4, -0.2) is 15.0 Å². The summed E-state index contributed by atoms with van der Waals surface area (Å²) in [6.45, 7) is 0. The minimum absolute atomic E-state index is 0.559. The molecule has 0 saturated heterocycles. The Morgan fingerprint density at radius 2 is 0.961 bits per heavy atom. The third kappa shape index (κ3) is 3.88. The molecule has 11 rings (SSSR count). The van der Waals surface area contributed by atoms with E-state index in [2.05, 4.69) is 84.9 Å². The topological polar surface area (TPSA) is 61.0 Å². The van der Waals surface area contributed by atoms with Gasteiger partial charge in [-0.1, -0.05) is 140 Å². The van der Waals surface area contributed by atoms with Crippen LogP contribution >= 0.6 is 0 Å². The SMILES string of the molecule is c1ccc(-c2nc(-c3ccccc3)nc(-c3cccc4c3oc3ccc5c(c34)-c3ccccc3C53c4ccccc4Oc4ccccc43)n2)cc1. The Kier molecular flexibility index (Phi) is 5.81. The van der Waals surface area contributed by atoms with Crippen molar-refractivity contribution in [2.24, 2.45) is 0 Å². The maximum absolute atomic E-state index is 6.86.